The van der Waals surface area contributed by atoms with Crippen LogP contribution in [0, 0.1) is 5.92 Å². The van der Waals surface area contributed by atoms with Crippen molar-refractivity contribution in [3.05, 3.63) is 23.1 Å². The van der Waals surface area contributed by atoms with Crippen LogP contribution in [-0.4, -0.2) is 11.5 Å². The molecule has 1 unspecified atom stereocenters. The molecule has 46 valence electrons. The molecular weight excluding hydrogens is 132 g/mol. The zero-order valence-corrected chi connectivity index (χ0v) is 5.65. The number of fused-ring (bicyclic) bond motifs is 1. The number of ketones is 1. The molecule has 9 heavy (non-hydrogen) atoms. The predicted molar refractivity (Wildman–Crippen MR) is 38.2 cm³/mol. The van der Waals surface area contributed by atoms with Gasteiger partial charge in [0, 0.05) is 0 Å². The van der Waals surface area contributed by atoms with Gasteiger partial charge in [-0.3, -0.25) is 4.79 Å². The van der Waals surface area contributed by atoms with Gasteiger partial charge in [-0.15, -0.1) is 11.8 Å². The third-order valence-corrected chi connectivity index (χ3v) is 2.75. The van der Waals surface area contributed by atoms with E-state index >= 15 is 0 Å². The van der Waals surface area contributed by atoms with Crippen LogP contribution in [0.1, 0.15) is 0 Å². The fourth-order valence-electron chi connectivity index (χ4n) is 1.11. The lowest BCUT2D eigenvalue weighted by atomic mass is 10.1. The summed E-state index contributed by atoms with van der Waals surface area (Å²) < 4.78 is 0. The second kappa shape index (κ2) is 1.74. The van der Waals surface area contributed by atoms with Crippen LogP contribution in [0.15, 0.2) is 23.1 Å². The van der Waals surface area contributed by atoms with E-state index in [1.807, 2.05) is 18.2 Å². The maximum absolute atomic E-state index is 10.9. The Morgan fingerprint density at radius 3 is 3.33 bits per heavy atom. The first-order chi connectivity index (χ1) is 4.38. The first kappa shape index (κ1) is 5.30. The molecule has 0 spiro atoms. The van der Waals surface area contributed by atoms with Gasteiger partial charge in [-0.1, -0.05) is 18.2 Å². The molecule has 2 heteroatoms. The molecule has 1 heterocycles. The maximum atomic E-state index is 10.9. The smallest absolute Gasteiger partial charge is 0.154 e. The number of thioether (sulfide) groups is 1. The Morgan fingerprint density at radius 2 is 2.56 bits per heavy atom. The van der Waals surface area contributed by atoms with E-state index in [-0.39, 0.29) is 5.92 Å². The molecular formula is C7H6OS. The molecule has 0 aromatic rings. The average molecular weight is 138 g/mol. The summed E-state index contributed by atoms with van der Waals surface area (Å²) in [5.41, 5.74) is 0. The van der Waals surface area contributed by atoms with Crippen molar-refractivity contribution in [3.63, 3.8) is 0 Å². The first-order valence-electron chi connectivity index (χ1n) is 2.92. The number of rotatable bonds is 0. The number of hydrogen-bond donors (Lipinski definition) is 0. The molecule has 0 saturated carbocycles. The zero-order chi connectivity index (χ0) is 6.27. The third kappa shape index (κ3) is 0.663. The summed E-state index contributed by atoms with van der Waals surface area (Å²) in [6.45, 7) is 0. The largest absolute Gasteiger partial charge is 0.298 e. The summed E-state index contributed by atoms with van der Waals surface area (Å²) >= 11 is 1.67. The normalized spacial score (nSPS) is 30.9. The number of Topliss-reactive ketones (excluding diaryl/α,β-unsaturated/α-hetero) is 1. The quantitative estimate of drug-likeness (QED) is 0.503. The van der Waals surface area contributed by atoms with Crippen molar-refractivity contribution < 1.29 is 4.79 Å². The lowest BCUT2D eigenvalue weighted by Gasteiger charge is -1.93. The molecule has 0 amide bonds. The van der Waals surface area contributed by atoms with Gasteiger partial charge in [0.15, 0.2) is 5.78 Å². The zero-order valence-electron chi connectivity index (χ0n) is 4.83. The molecule has 2 rings (SSSR count). The Kier molecular flexibility index (Phi) is 1.02. The lowest BCUT2D eigenvalue weighted by Crippen LogP contribution is -2.04. The van der Waals surface area contributed by atoms with E-state index in [1.165, 1.54) is 4.91 Å². The molecule has 0 N–H and O–H groups in total. The molecule has 0 bridgehead atoms. The third-order valence-electron chi connectivity index (χ3n) is 1.60. The van der Waals surface area contributed by atoms with Crippen molar-refractivity contribution in [2.24, 2.45) is 5.92 Å². The van der Waals surface area contributed by atoms with Crippen LogP contribution >= 0.6 is 11.8 Å². The van der Waals surface area contributed by atoms with Gasteiger partial charge < -0.3 is 0 Å². The molecule has 1 aliphatic carbocycles. The van der Waals surface area contributed by atoms with Crippen molar-refractivity contribution in [2.75, 3.05) is 5.75 Å². The molecule has 1 saturated heterocycles. The van der Waals surface area contributed by atoms with E-state index in [4.69, 9.17) is 0 Å². The van der Waals surface area contributed by atoms with Crippen LogP contribution in [0.2, 0.25) is 0 Å². The van der Waals surface area contributed by atoms with Crippen molar-refractivity contribution in [2.45, 2.75) is 0 Å². The summed E-state index contributed by atoms with van der Waals surface area (Å²) in [6, 6.07) is 0. The van der Waals surface area contributed by atoms with E-state index < -0.39 is 0 Å². The van der Waals surface area contributed by atoms with Gasteiger partial charge in [-0.25, -0.2) is 0 Å². The van der Waals surface area contributed by atoms with Crippen LogP contribution in [-0.2, 0) is 4.79 Å². The number of hydrogen-bond acceptors (Lipinski definition) is 2. The Bertz CT molecular complexity index is 215. The molecule has 2 aliphatic rings. The van der Waals surface area contributed by atoms with Crippen molar-refractivity contribution in [1.82, 2.24) is 0 Å². The van der Waals surface area contributed by atoms with Gasteiger partial charge in [-0.2, -0.15) is 0 Å². The van der Waals surface area contributed by atoms with Gasteiger partial charge in [0.05, 0.1) is 11.7 Å². The first-order valence-corrected chi connectivity index (χ1v) is 3.90. The van der Waals surface area contributed by atoms with Crippen LogP contribution in [0.5, 0.6) is 0 Å². The number of carbonyl (C=O) groups is 1. The minimum absolute atomic E-state index is 0.148. The fourth-order valence-corrected chi connectivity index (χ4v) is 2.16. The number of allylic oxidation sites excluding steroid dienone is 4. The van der Waals surface area contributed by atoms with E-state index in [1.54, 1.807) is 11.8 Å². The summed E-state index contributed by atoms with van der Waals surface area (Å²) in [5.74, 6) is 1.19. The average Bonchev–Trinajstić information content (AvgIpc) is 2.35. The molecule has 0 aromatic carbocycles. The summed E-state index contributed by atoms with van der Waals surface area (Å²) in [6.07, 6.45) is 5.96. The topological polar surface area (TPSA) is 17.1 Å². The minimum atomic E-state index is 0.148. The summed E-state index contributed by atoms with van der Waals surface area (Å²) in [7, 11) is 0. The van der Waals surface area contributed by atoms with Gasteiger partial charge >= 0.3 is 0 Å². The van der Waals surface area contributed by atoms with Gasteiger partial charge in [0.1, 0.15) is 0 Å². The van der Waals surface area contributed by atoms with Gasteiger partial charge in [0.25, 0.3) is 0 Å². The SMILES string of the molecule is O=C1CSC2=CC=CC12. The van der Waals surface area contributed by atoms with Crippen molar-refractivity contribution >= 4 is 17.5 Å². The molecule has 1 nitrogen and oxygen atoms in total. The Labute approximate surface area is 57.8 Å². The van der Waals surface area contributed by atoms with E-state index in [2.05, 4.69) is 0 Å². The Balaban J connectivity index is 2.37. The van der Waals surface area contributed by atoms with Crippen LogP contribution in [0.25, 0.3) is 0 Å². The minimum Gasteiger partial charge on any atom is -0.298 e. The number of carbonyl (C=O) groups excluding carboxylic acids is 1. The van der Waals surface area contributed by atoms with E-state index in [9.17, 15) is 4.79 Å². The molecule has 1 fully saturated rings. The molecule has 0 radical (unpaired) electrons. The Hall–Kier alpha value is -0.500. The van der Waals surface area contributed by atoms with Gasteiger partial charge in [0.2, 0.25) is 0 Å². The maximum Gasteiger partial charge on any atom is 0.154 e. The highest BCUT2D eigenvalue weighted by molar-refractivity contribution is 8.04. The van der Waals surface area contributed by atoms with Gasteiger partial charge in [-0.05, 0) is 4.91 Å². The summed E-state index contributed by atoms with van der Waals surface area (Å²) in [4.78, 5) is 12.2. The second-order valence-corrected chi connectivity index (χ2v) is 3.24. The van der Waals surface area contributed by atoms with Crippen molar-refractivity contribution in [1.29, 1.82) is 0 Å². The molecule has 1 atom stereocenters. The van der Waals surface area contributed by atoms with E-state index in [0.29, 0.717) is 11.5 Å². The Morgan fingerprint density at radius 1 is 1.67 bits per heavy atom. The lowest BCUT2D eigenvalue weighted by molar-refractivity contribution is -0.117. The van der Waals surface area contributed by atoms with Crippen LogP contribution in [0.3, 0.4) is 0 Å². The van der Waals surface area contributed by atoms with Crippen LogP contribution in [0.4, 0.5) is 0 Å². The standard InChI is InChI=1S/C7H6OS/c8-6-4-9-7-3-1-2-5(6)7/h1-3,5H,4H2. The highest BCUT2D eigenvalue weighted by atomic mass is 32.2. The predicted octanol–water partition coefficient (Wildman–Crippen LogP) is 1.37. The highest BCUT2D eigenvalue weighted by Gasteiger charge is 2.29. The molecule has 1 aliphatic heterocycles. The fraction of sp³-hybridized carbons (Fsp3) is 0.286. The second-order valence-electron chi connectivity index (χ2n) is 2.19. The van der Waals surface area contributed by atoms with E-state index in [0.717, 1.165) is 0 Å². The van der Waals surface area contributed by atoms with Crippen molar-refractivity contribution in [3.8, 4) is 0 Å². The van der Waals surface area contributed by atoms with Crippen LogP contribution < -0.4 is 0 Å². The monoisotopic (exact) mass is 138 g/mol. The summed E-state index contributed by atoms with van der Waals surface area (Å²) in [5, 5.41) is 0. The molecule has 0 aromatic heterocycles. The highest BCUT2D eigenvalue weighted by Crippen LogP contribution is 2.37.